The van der Waals surface area contributed by atoms with E-state index in [4.69, 9.17) is 21.1 Å². The minimum absolute atomic E-state index is 0.504. The van der Waals surface area contributed by atoms with Gasteiger partial charge in [-0.15, -0.1) is 11.8 Å². The molecule has 1 heterocycles. The summed E-state index contributed by atoms with van der Waals surface area (Å²) in [6, 6.07) is 1.93. The third-order valence-corrected chi connectivity index (χ3v) is 4.28. The molecule has 102 valence electrons. The number of rotatable bonds is 5. The Balaban J connectivity index is 2.05. The Labute approximate surface area is 122 Å². The quantitative estimate of drug-likeness (QED) is 0.768. The fourth-order valence-electron chi connectivity index (χ4n) is 1.79. The first kappa shape index (κ1) is 14.3. The lowest BCUT2D eigenvalue weighted by atomic mass is 10.1. The van der Waals surface area contributed by atoms with Gasteiger partial charge in [0.05, 0.1) is 14.2 Å². The average molecular weight is 298 g/mol. The number of pyridine rings is 1. The van der Waals surface area contributed by atoms with Gasteiger partial charge in [-0.25, -0.2) is 4.98 Å². The molecule has 0 bridgehead atoms. The van der Waals surface area contributed by atoms with Gasteiger partial charge in [0.15, 0.2) is 5.75 Å². The molecule has 0 atom stereocenters. The number of ether oxygens (including phenoxy) is 2. The van der Waals surface area contributed by atoms with Crippen LogP contribution in [0.3, 0.4) is 0 Å². The van der Waals surface area contributed by atoms with Crippen LogP contribution in [0.2, 0.25) is 0 Å². The number of hydrogen-bond acceptors (Lipinski definition) is 4. The SMILES string of the molecule is COc1cc(SCC2=C(Cl)C=CCC2)cnc1OC. The minimum Gasteiger partial charge on any atom is -0.491 e. The molecule has 0 aromatic carbocycles. The highest BCUT2D eigenvalue weighted by Gasteiger charge is 2.10. The van der Waals surface area contributed by atoms with Crippen molar-refractivity contribution < 1.29 is 9.47 Å². The highest BCUT2D eigenvalue weighted by molar-refractivity contribution is 7.99. The van der Waals surface area contributed by atoms with E-state index in [1.165, 1.54) is 5.57 Å². The van der Waals surface area contributed by atoms with Crippen molar-refractivity contribution in [1.82, 2.24) is 4.98 Å². The Morgan fingerprint density at radius 1 is 1.37 bits per heavy atom. The third-order valence-electron chi connectivity index (χ3n) is 2.83. The largest absolute Gasteiger partial charge is 0.491 e. The molecule has 0 saturated carbocycles. The summed E-state index contributed by atoms with van der Waals surface area (Å²) < 4.78 is 10.4. The predicted molar refractivity (Wildman–Crippen MR) is 79.3 cm³/mol. The van der Waals surface area contributed by atoms with E-state index in [0.29, 0.717) is 11.6 Å². The van der Waals surface area contributed by atoms with E-state index in [-0.39, 0.29) is 0 Å². The van der Waals surface area contributed by atoms with E-state index in [0.717, 1.165) is 28.5 Å². The molecule has 19 heavy (non-hydrogen) atoms. The van der Waals surface area contributed by atoms with Crippen LogP contribution in [0, 0.1) is 0 Å². The van der Waals surface area contributed by atoms with Crippen LogP contribution in [-0.4, -0.2) is 25.0 Å². The standard InChI is InChI=1S/C14H16ClNO2S/c1-17-13-7-11(8-16-14(13)18-2)19-9-10-5-3-4-6-12(10)15/h4,6-8H,3,5,9H2,1-2H3. The first-order valence-corrected chi connectivity index (χ1v) is 7.36. The summed E-state index contributed by atoms with van der Waals surface area (Å²) in [5, 5.41) is 0.868. The molecule has 0 amide bonds. The van der Waals surface area contributed by atoms with Crippen LogP contribution in [0.15, 0.2) is 39.9 Å². The van der Waals surface area contributed by atoms with E-state index in [1.54, 1.807) is 32.2 Å². The van der Waals surface area contributed by atoms with E-state index in [2.05, 4.69) is 11.1 Å². The molecule has 1 aliphatic rings. The highest BCUT2D eigenvalue weighted by atomic mass is 35.5. The maximum absolute atomic E-state index is 6.17. The van der Waals surface area contributed by atoms with Crippen LogP contribution in [0.4, 0.5) is 0 Å². The number of allylic oxidation sites excluding steroid dienone is 3. The van der Waals surface area contributed by atoms with Crippen molar-refractivity contribution in [3.05, 3.63) is 35.0 Å². The van der Waals surface area contributed by atoms with Gasteiger partial charge in [-0.2, -0.15) is 0 Å². The van der Waals surface area contributed by atoms with Gasteiger partial charge in [-0.1, -0.05) is 17.7 Å². The maximum atomic E-state index is 6.17. The monoisotopic (exact) mass is 297 g/mol. The number of methoxy groups -OCH3 is 2. The zero-order chi connectivity index (χ0) is 13.7. The van der Waals surface area contributed by atoms with Gasteiger partial charge in [0.25, 0.3) is 5.88 Å². The van der Waals surface area contributed by atoms with E-state index >= 15 is 0 Å². The fraction of sp³-hybridized carbons (Fsp3) is 0.357. The lowest BCUT2D eigenvalue weighted by Gasteiger charge is -2.12. The molecule has 0 spiro atoms. The van der Waals surface area contributed by atoms with Gasteiger partial charge in [0.2, 0.25) is 0 Å². The Morgan fingerprint density at radius 2 is 2.21 bits per heavy atom. The van der Waals surface area contributed by atoms with Crippen LogP contribution >= 0.6 is 23.4 Å². The van der Waals surface area contributed by atoms with Gasteiger partial charge in [0, 0.05) is 27.9 Å². The number of nitrogens with zero attached hydrogens (tertiary/aromatic N) is 1. The zero-order valence-corrected chi connectivity index (χ0v) is 12.6. The van der Waals surface area contributed by atoms with Crippen molar-refractivity contribution in [2.75, 3.05) is 20.0 Å². The molecule has 1 aromatic heterocycles. The van der Waals surface area contributed by atoms with Crippen molar-refractivity contribution in [2.45, 2.75) is 17.7 Å². The van der Waals surface area contributed by atoms with Crippen molar-refractivity contribution in [2.24, 2.45) is 0 Å². The molecular formula is C14H16ClNO2S. The predicted octanol–water partition coefficient (Wildman–Crippen LogP) is 4.03. The van der Waals surface area contributed by atoms with E-state index in [9.17, 15) is 0 Å². The van der Waals surface area contributed by atoms with Gasteiger partial charge >= 0.3 is 0 Å². The molecule has 1 aromatic rings. The molecular weight excluding hydrogens is 282 g/mol. The zero-order valence-electron chi connectivity index (χ0n) is 11.0. The summed E-state index contributed by atoms with van der Waals surface area (Å²) in [7, 11) is 3.19. The van der Waals surface area contributed by atoms with Crippen molar-refractivity contribution >= 4 is 23.4 Å². The normalized spacial score (nSPS) is 14.7. The number of thioether (sulfide) groups is 1. The lowest BCUT2D eigenvalue weighted by molar-refractivity contribution is 0.341. The highest BCUT2D eigenvalue weighted by Crippen LogP contribution is 2.32. The van der Waals surface area contributed by atoms with Crippen LogP contribution in [0.5, 0.6) is 11.6 Å². The van der Waals surface area contributed by atoms with Crippen molar-refractivity contribution in [1.29, 1.82) is 0 Å². The first-order chi connectivity index (χ1) is 9.24. The Bertz CT molecular complexity index is 514. The van der Waals surface area contributed by atoms with Gasteiger partial charge in [-0.3, -0.25) is 0 Å². The molecule has 2 rings (SSSR count). The molecule has 0 saturated heterocycles. The molecule has 3 nitrogen and oxygen atoms in total. The number of hydrogen-bond donors (Lipinski definition) is 0. The maximum Gasteiger partial charge on any atom is 0.256 e. The molecule has 0 N–H and O–H groups in total. The third kappa shape index (κ3) is 3.67. The number of aromatic nitrogens is 1. The minimum atomic E-state index is 0.504. The Hall–Kier alpha value is -1.13. The van der Waals surface area contributed by atoms with Crippen LogP contribution < -0.4 is 9.47 Å². The summed E-state index contributed by atoms with van der Waals surface area (Å²) in [6.07, 6.45) is 7.97. The first-order valence-electron chi connectivity index (χ1n) is 5.99. The molecule has 0 fully saturated rings. The molecule has 1 aliphatic carbocycles. The second-order valence-corrected chi connectivity index (χ2v) is 5.52. The summed E-state index contributed by atoms with van der Waals surface area (Å²) in [5.74, 6) is 2.03. The fourth-order valence-corrected chi connectivity index (χ4v) is 3.07. The molecule has 0 unspecified atom stereocenters. The van der Waals surface area contributed by atoms with Crippen LogP contribution in [-0.2, 0) is 0 Å². The van der Waals surface area contributed by atoms with Gasteiger partial charge < -0.3 is 9.47 Å². The van der Waals surface area contributed by atoms with Crippen LogP contribution in [0.1, 0.15) is 12.8 Å². The smallest absolute Gasteiger partial charge is 0.256 e. The van der Waals surface area contributed by atoms with Crippen molar-refractivity contribution in [3.8, 4) is 11.6 Å². The second-order valence-electron chi connectivity index (χ2n) is 4.06. The number of halogens is 1. The molecule has 5 heteroatoms. The average Bonchev–Trinajstić information content (AvgIpc) is 2.46. The summed E-state index contributed by atoms with van der Waals surface area (Å²) >= 11 is 7.88. The van der Waals surface area contributed by atoms with E-state index < -0.39 is 0 Å². The summed E-state index contributed by atoms with van der Waals surface area (Å²) in [6.45, 7) is 0. The topological polar surface area (TPSA) is 31.4 Å². The van der Waals surface area contributed by atoms with Crippen molar-refractivity contribution in [3.63, 3.8) is 0 Å². The summed E-state index contributed by atoms with van der Waals surface area (Å²) in [5.41, 5.74) is 1.28. The van der Waals surface area contributed by atoms with Crippen LogP contribution in [0.25, 0.3) is 0 Å². The second kappa shape index (κ2) is 6.87. The lowest BCUT2D eigenvalue weighted by Crippen LogP contribution is -1.96. The van der Waals surface area contributed by atoms with E-state index in [1.807, 2.05) is 12.1 Å². The Kier molecular flexibility index (Phi) is 5.16. The van der Waals surface area contributed by atoms with Gasteiger partial charge in [0.1, 0.15) is 0 Å². The summed E-state index contributed by atoms with van der Waals surface area (Å²) in [4.78, 5) is 5.27. The Morgan fingerprint density at radius 3 is 2.89 bits per heavy atom. The van der Waals surface area contributed by atoms with Gasteiger partial charge in [-0.05, 0) is 24.5 Å². The molecule has 0 aliphatic heterocycles. The molecule has 0 radical (unpaired) electrons.